The van der Waals surface area contributed by atoms with Crippen LogP contribution in [-0.4, -0.2) is 0 Å². The van der Waals surface area contributed by atoms with Gasteiger partial charge in [0.05, 0.1) is 0 Å². The fourth-order valence-corrected chi connectivity index (χ4v) is 2.43. The van der Waals surface area contributed by atoms with Crippen LogP contribution in [0.1, 0.15) is 25.7 Å². The molecular weight excluding hydrogens is 108 g/mol. The summed E-state index contributed by atoms with van der Waals surface area (Å²) in [7, 11) is 0. The largest absolute Gasteiger partial charge is 0.103 e. The lowest BCUT2D eigenvalue weighted by atomic mass is 9.73. The first-order valence-corrected chi connectivity index (χ1v) is 4.04. The third-order valence-corrected chi connectivity index (χ3v) is 3.20. The van der Waals surface area contributed by atoms with Gasteiger partial charge < -0.3 is 0 Å². The smallest absolute Gasteiger partial charge is 0.0205 e. The number of fused-ring (bicyclic) bond motifs is 1. The van der Waals surface area contributed by atoms with Crippen molar-refractivity contribution in [2.45, 2.75) is 25.7 Å². The van der Waals surface area contributed by atoms with Gasteiger partial charge in [0, 0.05) is 0 Å². The van der Waals surface area contributed by atoms with E-state index in [1.54, 1.807) is 0 Å². The van der Waals surface area contributed by atoms with Crippen LogP contribution in [0.15, 0.2) is 12.7 Å². The van der Waals surface area contributed by atoms with Crippen molar-refractivity contribution in [1.82, 2.24) is 0 Å². The van der Waals surface area contributed by atoms with Gasteiger partial charge >= 0.3 is 0 Å². The Morgan fingerprint density at radius 3 is 2.22 bits per heavy atom. The molecule has 0 amide bonds. The second-order valence-electron chi connectivity index (χ2n) is 3.48. The zero-order chi connectivity index (χ0) is 6.27. The van der Waals surface area contributed by atoms with E-state index in [-0.39, 0.29) is 0 Å². The Kier molecular flexibility index (Phi) is 1.14. The minimum atomic E-state index is 0.892. The van der Waals surface area contributed by atoms with Crippen LogP contribution < -0.4 is 0 Å². The zero-order valence-corrected chi connectivity index (χ0v) is 5.84. The van der Waals surface area contributed by atoms with Gasteiger partial charge in [-0.05, 0) is 43.4 Å². The molecule has 50 valence electrons. The van der Waals surface area contributed by atoms with Gasteiger partial charge in [0.15, 0.2) is 0 Å². The molecule has 0 aromatic heterocycles. The van der Waals surface area contributed by atoms with Crippen molar-refractivity contribution >= 4 is 0 Å². The summed E-state index contributed by atoms with van der Waals surface area (Å²) in [6.07, 6.45) is 8.08. The van der Waals surface area contributed by atoms with E-state index < -0.39 is 0 Å². The molecule has 2 rings (SSSR count). The van der Waals surface area contributed by atoms with Crippen molar-refractivity contribution in [3.63, 3.8) is 0 Å². The maximum atomic E-state index is 3.86. The molecule has 0 heterocycles. The molecule has 0 aliphatic heterocycles. The van der Waals surface area contributed by atoms with Gasteiger partial charge in [0.1, 0.15) is 0 Å². The van der Waals surface area contributed by atoms with Crippen LogP contribution in [-0.2, 0) is 0 Å². The number of hydrogen-bond donors (Lipinski definition) is 0. The maximum absolute atomic E-state index is 3.86. The number of rotatable bonds is 1. The first-order chi connectivity index (χ1) is 4.42. The van der Waals surface area contributed by atoms with Crippen molar-refractivity contribution in [3.05, 3.63) is 12.7 Å². The fraction of sp³-hybridized carbons (Fsp3) is 0.778. The van der Waals surface area contributed by atoms with E-state index in [1.165, 1.54) is 25.7 Å². The minimum absolute atomic E-state index is 0.892. The quantitative estimate of drug-likeness (QED) is 0.469. The molecule has 0 radical (unpaired) electrons. The van der Waals surface area contributed by atoms with E-state index in [0.717, 1.165) is 17.8 Å². The standard InChI is InChI=1S/C9H14/c1-2-7-3-4-8-5-6-9(7)8/h2,7-9H,1,3-6H2/t7?,8-,9-/m1/s1. The van der Waals surface area contributed by atoms with Crippen LogP contribution >= 0.6 is 0 Å². The maximum Gasteiger partial charge on any atom is -0.0205 e. The van der Waals surface area contributed by atoms with E-state index in [4.69, 9.17) is 0 Å². The van der Waals surface area contributed by atoms with E-state index >= 15 is 0 Å². The monoisotopic (exact) mass is 122 g/mol. The molecule has 1 unspecified atom stereocenters. The molecule has 3 atom stereocenters. The predicted molar refractivity (Wildman–Crippen MR) is 39.1 cm³/mol. The highest BCUT2D eigenvalue weighted by atomic mass is 14.4. The number of allylic oxidation sites excluding steroid dienone is 1. The van der Waals surface area contributed by atoms with E-state index in [0.29, 0.717) is 0 Å². The molecule has 0 bridgehead atoms. The van der Waals surface area contributed by atoms with Gasteiger partial charge in [0.25, 0.3) is 0 Å². The Hall–Kier alpha value is -0.260. The topological polar surface area (TPSA) is 0 Å². The molecule has 0 N–H and O–H groups in total. The average Bonchev–Trinajstić information content (AvgIpc) is 2.07. The van der Waals surface area contributed by atoms with Gasteiger partial charge in [-0.1, -0.05) is 6.08 Å². The van der Waals surface area contributed by atoms with Crippen LogP contribution in [0.3, 0.4) is 0 Å². The SMILES string of the molecule is C=CC1CC[C@@H]2CC[C@H]12. The Morgan fingerprint density at radius 2 is 1.89 bits per heavy atom. The van der Waals surface area contributed by atoms with Gasteiger partial charge in [-0.3, -0.25) is 0 Å². The Morgan fingerprint density at radius 1 is 1.11 bits per heavy atom. The molecule has 9 heavy (non-hydrogen) atoms. The highest BCUT2D eigenvalue weighted by Crippen LogP contribution is 2.50. The highest BCUT2D eigenvalue weighted by molar-refractivity contribution is 4.98. The van der Waals surface area contributed by atoms with Crippen LogP contribution in [0.2, 0.25) is 0 Å². The lowest BCUT2D eigenvalue weighted by Gasteiger charge is -2.32. The van der Waals surface area contributed by atoms with Crippen molar-refractivity contribution in [2.75, 3.05) is 0 Å². The number of hydrogen-bond acceptors (Lipinski definition) is 0. The van der Waals surface area contributed by atoms with E-state index in [9.17, 15) is 0 Å². The normalized spacial score (nSPS) is 47.8. The molecule has 2 aliphatic rings. The van der Waals surface area contributed by atoms with Gasteiger partial charge in [-0.15, -0.1) is 6.58 Å². The molecule has 0 heteroatoms. The average molecular weight is 122 g/mol. The van der Waals surface area contributed by atoms with Crippen LogP contribution in [0, 0.1) is 17.8 Å². The first-order valence-electron chi connectivity index (χ1n) is 4.04. The van der Waals surface area contributed by atoms with E-state index in [2.05, 4.69) is 12.7 Å². The van der Waals surface area contributed by atoms with Crippen LogP contribution in [0.4, 0.5) is 0 Å². The molecular formula is C9H14. The van der Waals surface area contributed by atoms with Crippen molar-refractivity contribution in [1.29, 1.82) is 0 Å². The molecule has 2 fully saturated rings. The van der Waals surface area contributed by atoms with Crippen LogP contribution in [0.5, 0.6) is 0 Å². The lowest BCUT2D eigenvalue weighted by Crippen LogP contribution is -2.23. The summed E-state index contributed by atoms with van der Waals surface area (Å²) in [6.45, 7) is 3.86. The first kappa shape index (κ1) is 5.52. The summed E-state index contributed by atoms with van der Waals surface area (Å²) in [5, 5.41) is 0. The van der Waals surface area contributed by atoms with Crippen LogP contribution in [0.25, 0.3) is 0 Å². The highest BCUT2D eigenvalue weighted by Gasteiger charge is 2.40. The Balaban J connectivity index is 2.04. The molecule has 0 aromatic rings. The second-order valence-corrected chi connectivity index (χ2v) is 3.48. The van der Waals surface area contributed by atoms with Gasteiger partial charge in [-0.2, -0.15) is 0 Å². The van der Waals surface area contributed by atoms with Gasteiger partial charge in [-0.25, -0.2) is 0 Å². The summed E-state index contributed by atoms with van der Waals surface area (Å²) in [5.41, 5.74) is 0. The Labute approximate surface area is 57.0 Å². The summed E-state index contributed by atoms with van der Waals surface area (Å²) >= 11 is 0. The molecule has 2 aliphatic carbocycles. The third-order valence-electron chi connectivity index (χ3n) is 3.20. The summed E-state index contributed by atoms with van der Waals surface area (Å²) in [5.74, 6) is 3.05. The zero-order valence-electron chi connectivity index (χ0n) is 5.84. The Bertz CT molecular complexity index is 126. The summed E-state index contributed by atoms with van der Waals surface area (Å²) < 4.78 is 0. The minimum Gasteiger partial charge on any atom is -0.103 e. The van der Waals surface area contributed by atoms with Gasteiger partial charge in [0.2, 0.25) is 0 Å². The van der Waals surface area contributed by atoms with E-state index in [1.807, 2.05) is 0 Å². The fourth-order valence-electron chi connectivity index (χ4n) is 2.43. The molecule has 2 saturated carbocycles. The lowest BCUT2D eigenvalue weighted by molar-refractivity contribution is 0.192. The molecule has 0 spiro atoms. The third kappa shape index (κ3) is 0.654. The molecule has 0 nitrogen and oxygen atoms in total. The summed E-state index contributed by atoms with van der Waals surface area (Å²) in [4.78, 5) is 0. The van der Waals surface area contributed by atoms with Crippen molar-refractivity contribution < 1.29 is 0 Å². The molecule has 0 saturated heterocycles. The second kappa shape index (κ2) is 1.86. The molecule has 0 aromatic carbocycles. The van der Waals surface area contributed by atoms with Crippen molar-refractivity contribution in [2.24, 2.45) is 17.8 Å². The van der Waals surface area contributed by atoms with Crippen molar-refractivity contribution in [3.8, 4) is 0 Å². The predicted octanol–water partition coefficient (Wildman–Crippen LogP) is 2.61. The summed E-state index contributed by atoms with van der Waals surface area (Å²) in [6, 6.07) is 0.